The Labute approximate surface area is 134 Å². The largest absolute Gasteiger partial charge is 0.456 e. The third kappa shape index (κ3) is 3.86. The van der Waals surface area contributed by atoms with Crippen LogP contribution in [0.3, 0.4) is 0 Å². The molecule has 0 bridgehead atoms. The Morgan fingerprint density at radius 2 is 2.27 bits per heavy atom. The topological polar surface area (TPSA) is 79.2 Å². The molecule has 1 N–H and O–H groups in total. The first-order valence-electron chi connectivity index (χ1n) is 7.55. The Kier molecular flexibility index (Phi) is 5.56. The average Bonchev–Trinajstić information content (AvgIpc) is 2.81. The van der Waals surface area contributed by atoms with Crippen LogP contribution >= 0.6 is 11.3 Å². The predicted octanol–water partition coefficient (Wildman–Crippen LogP) is 3.03. The molecule has 1 aliphatic carbocycles. The minimum atomic E-state index is -0.396. The van der Waals surface area contributed by atoms with E-state index in [4.69, 9.17) is 4.74 Å². The number of fused-ring (bicyclic) bond motifs is 1. The van der Waals surface area contributed by atoms with E-state index in [2.05, 4.69) is 18.3 Å². The minimum Gasteiger partial charge on any atom is -0.456 e. The van der Waals surface area contributed by atoms with Crippen LogP contribution in [0.1, 0.15) is 49.1 Å². The molecule has 5 nitrogen and oxygen atoms in total. The molecular weight excluding hydrogens is 300 g/mol. The van der Waals surface area contributed by atoms with Crippen LogP contribution in [-0.4, -0.2) is 18.5 Å². The molecule has 2 rings (SSSR count). The van der Waals surface area contributed by atoms with Crippen molar-refractivity contribution in [3.8, 4) is 6.07 Å². The SMILES string of the molecule is CCCC(=O)OCC(=O)Nc1sc2c(c1C#N)CC[C@H](C)C2. The number of anilines is 1. The molecule has 1 aliphatic rings. The molecule has 0 unspecified atom stereocenters. The van der Waals surface area contributed by atoms with Crippen molar-refractivity contribution in [2.45, 2.75) is 46.0 Å². The number of thiophene rings is 1. The van der Waals surface area contributed by atoms with Crippen LogP contribution in [0.15, 0.2) is 0 Å². The van der Waals surface area contributed by atoms with E-state index in [1.807, 2.05) is 6.92 Å². The Morgan fingerprint density at radius 1 is 1.50 bits per heavy atom. The van der Waals surface area contributed by atoms with Gasteiger partial charge in [0, 0.05) is 11.3 Å². The summed E-state index contributed by atoms with van der Waals surface area (Å²) in [6.45, 7) is 3.76. The molecule has 22 heavy (non-hydrogen) atoms. The standard InChI is InChI=1S/C16H20N2O3S/c1-3-4-15(20)21-9-14(19)18-16-12(8-17)11-6-5-10(2)7-13(11)22-16/h10H,3-7,9H2,1-2H3,(H,18,19)/t10-/m0/s1. The number of ether oxygens (including phenoxy) is 1. The highest BCUT2D eigenvalue weighted by Gasteiger charge is 2.24. The number of carbonyl (C=O) groups excluding carboxylic acids is 2. The first-order chi connectivity index (χ1) is 10.5. The number of carbonyl (C=O) groups is 2. The van der Waals surface area contributed by atoms with Gasteiger partial charge in [0.15, 0.2) is 6.61 Å². The van der Waals surface area contributed by atoms with Crippen LogP contribution in [0.5, 0.6) is 0 Å². The van der Waals surface area contributed by atoms with E-state index in [0.717, 1.165) is 24.8 Å². The maximum atomic E-state index is 11.9. The molecule has 0 spiro atoms. The van der Waals surface area contributed by atoms with E-state index in [9.17, 15) is 14.9 Å². The first-order valence-corrected chi connectivity index (χ1v) is 8.36. The molecule has 6 heteroatoms. The van der Waals surface area contributed by atoms with Crippen LogP contribution in [0, 0.1) is 17.2 Å². The Bertz CT molecular complexity index is 616. The smallest absolute Gasteiger partial charge is 0.306 e. The van der Waals surface area contributed by atoms with Gasteiger partial charge in [-0.1, -0.05) is 13.8 Å². The highest BCUT2D eigenvalue weighted by atomic mass is 32.1. The van der Waals surface area contributed by atoms with Crippen LogP contribution in [-0.2, 0) is 27.2 Å². The molecule has 1 atom stereocenters. The molecule has 118 valence electrons. The molecule has 1 heterocycles. The van der Waals surface area contributed by atoms with E-state index in [1.165, 1.54) is 16.2 Å². The summed E-state index contributed by atoms with van der Waals surface area (Å²) in [7, 11) is 0. The summed E-state index contributed by atoms with van der Waals surface area (Å²) < 4.78 is 4.88. The van der Waals surface area contributed by atoms with Gasteiger partial charge in [-0.2, -0.15) is 5.26 Å². The quantitative estimate of drug-likeness (QED) is 0.846. The van der Waals surface area contributed by atoms with Gasteiger partial charge in [0.25, 0.3) is 5.91 Å². The average molecular weight is 320 g/mol. The van der Waals surface area contributed by atoms with E-state index in [-0.39, 0.29) is 12.6 Å². The van der Waals surface area contributed by atoms with Crippen molar-refractivity contribution in [3.05, 3.63) is 16.0 Å². The fourth-order valence-corrected chi connectivity index (χ4v) is 3.92. The predicted molar refractivity (Wildman–Crippen MR) is 84.7 cm³/mol. The number of nitrogens with one attached hydrogen (secondary N) is 1. The number of nitriles is 1. The second-order valence-electron chi connectivity index (χ2n) is 5.63. The Morgan fingerprint density at radius 3 is 2.95 bits per heavy atom. The minimum absolute atomic E-state index is 0.303. The lowest BCUT2D eigenvalue weighted by atomic mass is 9.89. The lowest BCUT2D eigenvalue weighted by molar-refractivity contribution is -0.147. The van der Waals surface area contributed by atoms with Crippen LogP contribution in [0.4, 0.5) is 5.00 Å². The third-order valence-corrected chi connectivity index (χ3v) is 4.86. The second-order valence-corrected chi connectivity index (χ2v) is 6.73. The summed E-state index contributed by atoms with van der Waals surface area (Å²) in [5.74, 6) is -0.165. The summed E-state index contributed by atoms with van der Waals surface area (Å²) in [5, 5.41) is 12.6. The third-order valence-electron chi connectivity index (χ3n) is 3.69. The molecule has 0 saturated carbocycles. The highest BCUT2D eigenvalue weighted by molar-refractivity contribution is 7.16. The molecular formula is C16H20N2O3S. The maximum absolute atomic E-state index is 11.9. The fourth-order valence-electron chi connectivity index (χ4n) is 2.54. The van der Waals surface area contributed by atoms with Gasteiger partial charge in [-0.25, -0.2) is 0 Å². The van der Waals surface area contributed by atoms with Gasteiger partial charge in [-0.15, -0.1) is 11.3 Å². The Hall–Kier alpha value is -1.87. The van der Waals surface area contributed by atoms with Crippen molar-refractivity contribution in [1.82, 2.24) is 0 Å². The molecule has 0 saturated heterocycles. The zero-order valence-electron chi connectivity index (χ0n) is 12.9. The Balaban J connectivity index is 2.02. The first kappa shape index (κ1) is 16.5. The summed E-state index contributed by atoms with van der Waals surface area (Å²) >= 11 is 1.47. The van der Waals surface area contributed by atoms with Gasteiger partial charge in [0.2, 0.25) is 0 Å². The number of esters is 1. The zero-order valence-corrected chi connectivity index (χ0v) is 13.7. The van der Waals surface area contributed by atoms with Crippen LogP contribution in [0.25, 0.3) is 0 Å². The molecule has 0 fully saturated rings. The van der Waals surface area contributed by atoms with Gasteiger partial charge in [-0.3, -0.25) is 9.59 Å². The molecule has 0 radical (unpaired) electrons. The zero-order chi connectivity index (χ0) is 16.1. The van der Waals surface area contributed by atoms with E-state index in [1.54, 1.807) is 0 Å². The maximum Gasteiger partial charge on any atom is 0.306 e. The second kappa shape index (κ2) is 7.41. The van der Waals surface area contributed by atoms with Crippen LogP contribution in [0.2, 0.25) is 0 Å². The molecule has 1 aromatic rings. The van der Waals surface area contributed by atoms with Crippen molar-refractivity contribution in [1.29, 1.82) is 5.26 Å². The summed E-state index contributed by atoms with van der Waals surface area (Å²) in [4.78, 5) is 24.3. The van der Waals surface area contributed by atoms with Crippen molar-refractivity contribution in [2.75, 3.05) is 11.9 Å². The number of hydrogen-bond acceptors (Lipinski definition) is 5. The number of amides is 1. The molecule has 1 amide bonds. The van der Waals surface area contributed by atoms with E-state index >= 15 is 0 Å². The van der Waals surface area contributed by atoms with Gasteiger partial charge >= 0.3 is 5.97 Å². The lowest BCUT2D eigenvalue weighted by Crippen LogP contribution is -2.20. The van der Waals surface area contributed by atoms with Gasteiger partial charge in [0.05, 0.1) is 5.56 Å². The number of nitrogens with zero attached hydrogens (tertiary/aromatic N) is 1. The summed E-state index contributed by atoms with van der Waals surface area (Å²) in [6, 6.07) is 2.20. The summed E-state index contributed by atoms with van der Waals surface area (Å²) in [6.07, 6.45) is 3.91. The highest BCUT2D eigenvalue weighted by Crippen LogP contribution is 2.39. The van der Waals surface area contributed by atoms with E-state index in [0.29, 0.717) is 29.3 Å². The number of hydrogen-bond donors (Lipinski definition) is 1. The lowest BCUT2D eigenvalue weighted by Gasteiger charge is -2.17. The van der Waals surface area contributed by atoms with Gasteiger partial charge < -0.3 is 10.1 Å². The van der Waals surface area contributed by atoms with Crippen LogP contribution < -0.4 is 5.32 Å². The van der Waals surface area contributed by atoms with Crippen molar-refractivity contribution >= 4 is 28.2 Å². The summed E-state index contributed by atoms with van der Waals surface area (Å²) in [5.41, 5.74) is 1.64. The monoisotopic (exact) mass is 320 g/mol. The van der Waals surface area contributed by atoms with Gasteiger partial charge in [0.1, 0.15) is 11.1 Å². The molecule has 1 aromatic heterocycles. The van der Waals surface area contributed by atoms with Crippen molar-refractivity contribution in [2.24, 2.45) is 5.92 Å². The number of rotatable bonds is 5. The fraction of sp³-hybridized carbons (Fsp3) is 0.562. The molecule has 0 aliphatic heterocycles. The van der Waals surface area contributed by atoms with Crippen molar-refractivity contribution < 1.29 is 14.3 Å². The van der Waals surface area contributed by atoms with Gasteiger partial charge in [-0.05, 0) is 37.2 Å². The van der Waals surface area contributed by atoms with E-state index < -0.39 is 5.91 Å². The molecule has 0 aromatic carbocycles. The normalized spacial score (nSPS) is 16.5. The van der Waals surface area contributed by atoms with Crippen molar-refractivity contribution in [3.63, 3.8) is 0 Å².